The lowest BCUT2D eigenvalue weighted by Crippen LogP contribution is -2.14. The summed E-state index contributed by atoms with van der Waals surface area (Å²) in [5.74, 6) is -1.78. The minimum Gasteiger partial charge on any atom is -0.454 e. The second-order valence-electron chi connectivity index (χ2n) is 3.90. The number of nitrogens with two attached hydrogens (primary N) is 1. The van der Waals surface area contributed by atoms with Crippen molar-refractivity contribution >= 4 is 33.4 Å². The summed E-state index contributed by atoms with van der Waals surface area (Å²) in [5.41, 5.74) is 5.56. The molecule has 0 saturated heterocycles. The molecule has 0 saturated carbocycles. The Bertz CT molecular complexity index is 726. The largest absolute Gasteiger partial charge is 0.454 e. The van der Waals surface area contributed by atoms with Crippen molar-refractivity contribution in [2.75, 3.05) is 0 Å². The summed E-state index contributed by atoms with van der Waals surface area (Å²) in [4.78, 5) is 0. The maximum absolute atomic E-state index is 14.1. The van der Waals surface area contributed by atoms with Crippen LogP contribution in [0.15, 0.2) is 40.0 Å². The van der Waals surface area contributed by atoms with Gasteiger partial charge in [0, 0.05) is 11.6 Å². The first-order valence-electron chi connectivity index (χ1n) is 5.53. The first-order chi connectivity index (χ1) is 9.93. The Kier molecular flexibility index (Phi) is 4.64. The Balaban J connectivity index is 2.37. The van der Waals surface area contributed by atoms with Gasteiger partial charge >= 0.3 is 0 Å². The number of hydrogen-bond acceptors (Lipinski definition) is 3. The third-order valence-electron chi connectivity index (χ3n) is 2.55. The number of hydrogen-bond donors (Lipinski definition) is 2. The average Bonchev–Trinajstić information content (AvgIpc) is 2.47. The van der Waals surface area contributed by atoms with E-state index in [2.05, 4.69) is 21.1 Å². The fraction of sp³-hybridized carbons (Fsp3) is 0. The van der Waals surface area contributed by atoms with Gasteiger partial charge in [0.05, 0.1) is 9.50 Å². The zero-order valence-corrected chi connectivity index (χ0v) is 12.6. The van der Waals surface area contributed by atoms with Gasteiger partial charge in [-0.05, 0) is 40.2 Å². The highest BCUT2D eigenvalue weighted by Gasteiger charge is 2.16. The van der Waals surface area contributed by atoms with E-state index in [1.165, 1.54) is 24.3 Å². The van der Waals surface area contributed by atoms with Crippen LogP contribution in [0.1, 0.15) is 5.56 Å². The summed E-state index contributed by atoms with van der Waals surface area (Å²) in [6.45, 7) is 0. The fourth-order valence-electron chi connectivity index (χ4n) is 1.53. The van der Waals surface area contributed by atoms with E-state index in [1.54, 1.807) is 0 Å². The number of benzene rings is 2. The van der Waals surface area contributed by atoms with Crippen molar-refractivity contribution in [2.24, 2.45) is 10.9 Å². The number of nitrogens with zero attached hydrogens (tertiary/aromatic N) is 1. The molecule has 0 aliphatic carbocycles. The smallest absolute Gasteiger partial charge is 0.180 e. The molecule has 8 heteroatoms. The normalized spacial score (nSPS) is 11.5. The number of ether oxygens (including phenoxy) is 1. The van der Waals surface area contributed by atoms with Crippen molar-refractivity contribution in [3.63, 3.8) is 0 Å². The molecule has 4 nitrogen and oxygen atoms in total. The Morgan fingerprint density at radius 2 is 2.00 bits per heavy atom. The van der Waals surface area contributed by atoms with E-state index in [-0.39, 0.29) is 32.4 Å². The second-order valence-corrected chi connectivity index (χ2v) is 5.10. The third-order valence-corrected chi connectivity index (χ3v) is 3.63. The van der Waals surface area contributed by atoms with Crippen LogP contribution in [0.4, 0.5) is 8.78 Å². The summed E-state index contributed by atoms with van der Waals surface area (Å²) in [6.07, 6.45) is 0. The van der Waals surface area contributed by atoms with E-state index in [9.17, 15) is 8.78 Å². The van der Waals surface area contributed by atoms with Crippen LogP contribution in [0, 0.1) is 11.6 Å². The molecule has 0 radical (unpaired) electrons. The molecular formula is C13H8BrClF2N2O2. The topological polar surface area (TPSA) is 67.8 Å². The Labute approximate surface area is 131 Å². The fourth-order valence-corrected chi connectivity index (χ4v) is 2.18. The molecule has 21 heavy (non-hydrogen) atoms. The van der Waals surface area contributed by atoms with E-state index >= 15 is 0 Å². The van der Waals surface area contributed by atoms with Gasteiger partial charge in [-0.3, -0.25) is 0 Å². The van der Waals surface area contributed by atoms with Gasteiger partial charge in [-0.2, -0.15) is 0 Å². The Hall–Kier alpha value is -1.86. The minimum absolute atomic E-state index is 0.0373. The predicted octanol–water partition coefficient (Wildman–Crippen LogP) is 4.27. The molecule has 0 fully saturated rings. The summed E-state index contributed by atoms with van der Waals surface area (Å²) in [7, 11) is 0. The molecule has 0 bridgehead atoms. The summed E-state index contributed by atoms with van der Waals surface area (Å²) in [6, 6.07) is 6.40. The molecule has 0 amide bonds. The number of oxime groups is 1. The summed E-state index contributed by atoms with van der Waals surface area (Å²) in [5, 5.41) is 11.3. The number of rotatable bonds is 3. The van der Waals surface area contributed by atoms with Crippen LogP contribution < -0.4 is 10.5 Å². The second kappa shape index (κ2) is 6.28. The van der Waals surface area contributed by atoms with Crippen LogP contribution in [0.2, 0.25) is 5.02 Å². The van der Waals surface area contributed by atoms with Crippen molar-refractivity contribution in [1.82, 2.24) is 0 Å². The quantitative estimate of drug-likeness (QED) is 0.363. The molecule has 0 aromatic heterocycles. The van der Waals surface area contributed by atoms with Crippen LogP contribution in [0.25, 0.3) is 0 Å². The molecule has 0 aliphatic rings. The van der Waals surface area contributed by atoms with Gasteiger partial charge in [-0.15, -0.1) is 0 Å². The molecule has 110 valence electrons. The molecule has 0 aliphatic heterocycles. The molecule has 2 rings (SSSR count). The van der Waals surface area contributed by atoms with Crippen LogP contribution in [0.5, 0.6) is 11.5 Å². The van der Waals surface area contributed by atoms with Crippen molar-refractivity contribution in [3.8, 4) is 11.5 Å². The standard InChI is InChI=1S/C13H8BrClF2N2O2/c14-11-7(13(18)19-20)2-4-10(12(11)17)21-6-1-3-8(15)9(16)5-6/h1-5,20H,(H2,18,19). The highest BCUT2D eigenvalue weighted by atomic mass is 79.9. The van der Waals surface area contributed by atoms with Gasteiger partial charge in [0.25, 0.3) is 0 Å². The van der Waals surface area contributed by atoms with Crippen LogP contribution in [-0.2, 0) is 0 Å². The van der Waals surface area contributed by atoms with E-state index in [4.69, 9.17) is 27.3 Å². The Morgan fingerprint density at radius 1 is 1.29 bits per heavy atom. The van der Waals surface area contributed by atoms with Crippen molar-refractivity contribution in [3.05, 3.63) is 57.0 Å². The molecule has 0 spiro atoms. The first-order valence-corrected chi connectivity index (χ1v) is 6.70. The summed E-state index contributed by atoms with van der Waals surface area (Å²) < 4.78 is 32.7. The first kappa shape index (κ1) is 15.5. The molecular weight excluding hydrogens is 370 g/mol. The van der Waals surface area contributed by atoms with Crippen molar-refractivity contribution in [1.29, 1.82) is 0 Å². The highest BCUT2D eigenvalue weighted by Crippen LogP contribution is 2.32. The lowest BCUT2D eigenvalue weighted by Gasteiger charge is -2.10. The third kappa shape index (κ3) is 3.25. The van der Waals surface area contributed by atoms with E-state index in [0.29, 0.717) is 0 Å². The van der Waals surface area contributed by atoms with E-state index in [1.807, 2.05) is 0 Å². The predicted molar refractivity (Wildman–Crippen MR) is 78.1 cm³/mol. The molecule has 3 N–H and O–H groups in total. The highest BCUT2D eigenvalue weighted by molar-refractivity contribution is 9.10. The van der Waals surface area contributed by atoms with Crippen molar-refractivity contribution in [2.45, 2.75) is 0 Å². The monoisotopic (exact) mass is 376 g/mol. The number of halogens is 4. The van der Waals surface area contributed by atoms with E-state index in [0.717, 1.165) is 6.07 Å². The summed E-state index contributed by atoms with van der Waals surface area (Å²) >= 11 is 8.54. The molecule has 0 heterocycles. The van der Waals surface area contributed by atoms with Gasteiger partial charge in [0.1, 0.15) is 11.6 Å². The maximum Gasteiger partial charge on any atom is 0.180 e. The van der Waals surface area contributed by atoms with Gasteiger partial charge < -0.3 is 15.7 Å². The lowest BCUT2D eigenvalue weighted by molar-refractivity contribution is 0.318. The van der Waals surface area contributed by atoms with E-state index < -0.39 is 11.6 Å². The van der Waals surface area contributed by atoms with Crippen LogP contribution in [-0.4, -0.2) is 11.0 Å². The maximum atomic E-state index is 14.1. The van der Waals surface area contributed by atoms with Crippen LogP contribution >= 0.6 is 27.5 Å². The minimum atomic E-state index is -0.769. The van der Waals surface area contributed by atoms with Gasteiger partial charge in [0.2, 0.25) is 0 Å². The van der Waals surface area contributed by atoms with Crippen molar-refractivity contribution < 1.29 is 18.7 Å². The van der Waals surface area contributed by atoms with Gasteiger partial charge in [0.15, 0.2) is 17.4 Å². The lowest BCUT2D eigenvalue weighted by atomic mass is 10.2. The Morgan fingerprint density at radius 3 is 2.62 bits per heavy atom. The molecule has 2 aromatic rings. The van der Waals surface area contributed by atoms with Crippen LogP contribution in [0.3, 0.4) is 0 Å². The molecule has 0 unspecified atom stereocenters. The van der Waals surface area contributed by atoms with Gasteiger partial charge in [-0.1, -0.05) is 16.8 Å². The zero-order chi connectivity index (χ0) is 15.6. The zero-order valence-electron chi connectivity index (χ0n) is 10.3. The SMILES string of the molecule is N/C(=N/O)c1ccc(Oc2ccc(Cl)c(F)c2)c(F)c1Br. The van der Waals surface area contributed by atoms with Gasteiger partial charge in [-0.25, -0.2) is 8.78 Å². The number of amidine groups is 1. The molecule has 2 aromatic carbocycles. The average molecular weight is 378 g/mol. The molecule has 0 atom stereocenters.